The summed E-state index contributed by atoms with van der Waals surface area (Å²) in [5.41, 5.74) is 1.68. The second-order valence-corrected chi connectivity index (χ2v) is 10.8. The van der Waals surface area contributed by atoms with E-state index in [4.69, 9.17) is 11.6 Å². The van der Waals surface area contributed by atoms with E-state index in [1.807, 2.05) is 30.3 Å². The quantitative estimate of drug-likeness (QED) is 0.482. The molecule has 4 rings (SSSR count). The molecule has 0 aliphatic carbocycles. The van der Waals surface area contributed by atoms with Gasteiger partial charge in [0.15, 0.2) is 9.84 Å². The Morgan fingerprint density at radius 2 is 1.90 bits per heavy atom. The van der Waals surface area contributed by atoms with Gasteiger partial charge in [-0.1, -0.05) is 53.7 Å². The number of thioether (sulfide) groups is 1. The highest BCUT2D eigenvalue weighted by Gasteiger charge is 2.34. The van der Waals surface area contributed by atoms with Crippen molar-refractivity contribution >= 4 is 39.1 Å². The fourth-order valence-electron chi connectivity index (χ4n) is 3.44. The molecule has 0 bridgehead atoms. The van der Waals surface area contributed by atoms with Crippen molar-refractivity contribution < 1.29 is 13.2 Å². The molecule has 1 aliphatic heterocycles. The summed E-state index contributed by atoms with van der Waals surface area (Å²) in [4.78, 5) is 14.8. The molecule has 31 heavy (non-hydrogen) atoms. The summed E-state index contributed by atoms with van der Waals surface area (Å²) in [5, 5.41) is 12.8. The molecular weight excluding hydrogens is 458 g/mol. The Labute approximate surface area is 189 Å². The second kappa shape index (κ2) is 9.37. The van der Waals surface area contributed by atoms with Gasteiger partial charge in [0.05, 0.1) is 22.9 Å². The molecule has 1 atom stereocenters. The third kappa shape index (κ3) is 5.44. The van der Waals surface area contributed by atoms with Crippen LogP contribution in [0.15, 0.2) is 59.8 Å². The van der Waals surface area contributed by atoms with Crippen LogP contribution in [0.4, 0.5) is 0 Å². The van der Waals surface area contributed by atoms with E-state index < -0.39 is 9.84 Å². The number of benzene rings is 2. The van der Waals surface area contributed by atoms with Crippen LogP contribution in [0.25, 0.3) is 5.69 Å². The molecule has 0 saturated carbocycles. The van der Waals surface area contributed by atoms with Crippen molar-refractivity contribution in [3.8, 4) is 5.69 Å². The number of carbonyl (C=O) groups excluding carboxylic acids is 1. The lowest BCUT2D eigenvalue weighted by Crippen LogP contribution is -2.41. The van der Waals surface area contributed by atoms with Crippen molar-refractivity contribution in [2.24, 2.45) is 0 Å². The molecule has 1 fully saturated rings. The Balaban J connectivity index is 1.49. The van der Waals surface area contributed by atoms with Gasteiger partial charge in [-0.25, -0.2) is 8.42 Å². The van der Waals surface area contributed by atoms with Crippen LogP contribution in [-0.4, -0.2) is 62.7 Å². The number of hydrogen-bond donors (Lipinski definition) is 0. The van der Waals surface area contributed by atoms with Crippen molar-refractivity contribution in [1.29, 1.82) is 0 Å². The van der Waals surface area contributed by atoms with Gasteiger partial charge < -0.3 is 4.90 Å². The minimum Gasteiger partial charge on any atom is -0.334 e. The van der Waals surface area contributed by atoms with Gasteiger partial charge in [-0.05, 0) is 46.7 Å². The maximum atomic E-state index is 13.1. The van der Waals surface area contributed by atoms with Gasteiger partial charge in [0.25, 0.3) is 0 Å². The summed E-state index contributed by atoms with van der Waals surface area (Å²) in [6.07, 6.45) is 0.452. The first-order chi connectivity index (χ1) is 14.9. The minimum atomic E-state index is -3.12. The SMILES string of the molecule is O=C(CSc1nnnn1-c1ccc(Cl)cc1)N(Cc1ccccc1)[C@@H]1CCS(=O)(=O)C1. The van der Waals surface area contributed by atoms with E-state index in [0.717, 1.165) is 11.3 Å². The van der Waals surface area contributed by atoms with Crippen LogP contribution in [0, 0.1) is 0 Å². The summed E-state index contributed by atoms with van der Waals surface area (Å²) in [7, 11) is -3.12. The highest BCUT2D eigenvalue weighted by molar-refractivity contribution is 7.99. The van der Waals surface area contributed by atoms with Crippen LogP contribution >= 0.6 is 23.4 Å². The molecule has 1 aliphatic rings. The third-order valence-electron chi connectivity index (χ3n) is 5.00. The normalized spacial score (nSPS) is 17.5. The van der Waals surface area contributed by atoms with Crippen LogP contribution in [0.2, 0.25) is 5.02 Å². The molecule has 3 aromatic rings. The number of amides is 1. The first-order valence-corrected chi connectivity index (χ1v) is 12.8. The maximum absolute atomic E-state index is 13.1. The van der Waals surface area contributed by atoms with Crippen molar-refractivity contribution in [2.75, 3.05) is 17.3 Å². The van der Waals surface area contributed by atoms with Crippen molar-refractivity contribution in [1.82, 2.24) is 25.1 Å². The largest absolute Gasteiger partial charge is 0.334 e. The molecule has 0 unspecified atom stereocenters. The standard InChI is InChI=1S/C20H20ClN5O3S2/c21-16-6-8-17(9-7-16)26-20(22-23-24-26)30-13-19(27)25(12-15-4-2-1-3-5-15)18-10-11-31(28,29)14-18/h1-9,18H,10-14H2/t18-/m1/s1. The number of aromatic nitrogens is 4. The van der Waals surface area contributed by atoms with Gasteiger partial charge in [-0.2, -0.15) is 4.68 Å². The second-order valence-electron chi connectivity index (χ2n) is 7.20. The number of tetrazole rings is 1. The number of hydrogen-bond acceptors (Lipinski definition) is 7. The topological polar surface area (TPSA) is 98.1 Å². The molecule has 0 radical (unpaired) electrons. The van der Waals surface area contributed by atoms with Crippen LogP contribution < -0.4 is 0 Å². The highest BCUT2D eigenvalue weighted by Crippen LogP contribution is 2.24. The Hall–Kier alpha value is -2.43. The van der Waals surface area contributed by atoms with Gasteiger partial charge in [-0.15, -0.1) is 5.10 Å². The van der Waals surface area contributed by atoms with E-state index in [0.29, 0.717) is 23.1 Å². The molecule has 8 nitrogen and oxygen atoms in total. The fraction of sp³-hybridized carbons (Fsp3) is 0.300. The zero-order valence-electron chi connectivity index (χ0n) is 16.5. The first-order valence-electron chi connectivity index (χ1n) is 9.62. The number of halogens is 1. The smallest absolute Gasteiger partial charge is 0.233 e. The van der Waals surface area contributed by atoms with Gasteiger partial charge >= 0.3 is 0 Å². The summed E-state index contributed by atoms with van der Waals surface area (Å²) in [5.74, 6) is 0.0514. The van der Waals surface area contributed by atoms with E-state index in [1.54, 1.807) is 29.2 Å². The minimum absolute atomic E-state index is 0.00124. The molecule has 2 heterocycles. The Morgan fingerprint density at radius 1 is 1.16 bits per heavy atom. The molecule has 162 valence electrons. The summed E-state index contributed by atoms with van der Waals surface area (Å²) in [6, 6.07) is 16.3. The predicted octanol–water partition coefficient (Wildman–Crippen LogP) is 2.62. The van der Waals surface area contributed by atoms with Crippen LogP contribution in [0.3, 0.4) is 0 Å². The molecule has 0 spiro atoms. The molecule has 1 aromatic heterocycles. The van der Waals surface area contributed by atoms with Crippen LogP contribution in [-0.2, 0) is 21.2 Å². The number of carbonyl (C=O) groups is 1. The molecule has 11 heteroatoms. The fourth-order valence-corrected chi connectivity index (χ4v) is 6.08. The zero-order chi connectivity index (χ0) is 21.8. The molecule has 0 N–H and O–H groups in total. The van der Waals surface area contributed by atoms with E-state index in [1.165, 1.54) is 16.4 Å². The zero-order valence-corrected chi connectivity index (χ0v) is 18.9. The lowest BCUT2D eigenvalue weighted by atomic mass is 10.1. The van der Waals surface area contributed by atoms with Crippen LogP contribution in [0.1, 0.15) is 12.0 Å². The Kier molecular flexibility index (Phi) is 6.59. The molecule has 1 amide bonds. The summed E-state index contributed by atoms with van der Waals surface area (Å²) in [6.45, 7) is 0.364. The van der Waals surface area contributed by atoms with Crippen LogP contribution in [0.5, 0.6) is 0 Å². The molecule has 2 aromatic carbocycles. The van der Waals surface area contributed by atoms with Gasteiger partial charge in [-0.3, -0.25) is 4.79 Å². The predicted molar refractivity (Wildman–Crippen MR) is 119 cm³/mol. The average Bonchev–Trinajstić information content (AvgIpc) is 3.37. The number of rotatable bonds is 7. The molecular formula is C20H20ClN5O3S2. The van der Waals surface area contributed by atoms with E-state index in [2.05, 4.69) is 15.5 Å². The van der Waals surface area contributed by atoms with Gasteiger partial charge in [0.1, 0.15) is 0 Å². The van der Waals surface area contributed by atoms with E-state index >= 15 is 0 Å². The summed E-state index contributed by atoms with van der Waals surface area (Å²) < 4.78 is 25.6. The molecule has 1 saturated heterocycles. The number of nitrogens with zero attached hydrogens (tertiary/aromatic N) is 5. The van der Waals surface area contributed by atoms with Crippen molar-refractivity contribution in [3.05, 3.63) is 65.2 Å². The first kappa shape index (κ1) is 21.8. The van der Waals surface area contributed by atoms with Gasteiger partial charge in [0.2, 0.25) is 11.1 Å². The third-order valence-corrected chi connectivity index (χ3v) is 7.91. The summed E-state index contributed by atoms with van der Waals surface area (Å²) >= 11 is 7.15. The van der Waals surface area contributed by atoms with E-state index in [9.17, 15) is 13.2 Å². The monoisotopic (exact) mass is 477 g/mol. The lowest BCUT2D eigenvalue weighted by Gasteiger charge is -2.28. The average molecular weight is 478 g/mol. The van der Waals surface area contributed by atoms with E-state index in [-0.39, 0.29) is 29.2 Å². The Morgan fingerprint density at radius 3 is 2.58 bits per heavy atom. The lowest BCUT2D eigenvalue weighted by molar-refractivity contribution is -0.130. The van der Waals surface area contributed by atoms with Gasteiger partial charge in [0, 0.05) is 17.6 Å². The van der Waals surface area contributed by atoms with Crippen molar-refractivity contribution in [3.63, 3.8) is 0 Å². The highest BCUT2D eigenvalue weighted by atomic mass is 35.5. The van der Waals surface area contributed by atoms with Crippen molar-refractivity contribution in [2.45, 2.75) is 24.2 Å². The Bertz CT molecular complexity index is 1150. The number of sulfone groups is 1. The maximum Gasteiger partial charge on any atom is 0.233 e.